The van der Waals surface area contributed by atoms with Gasteiger partial charge in [-0.25, -0.2) is 0 Å². The summed E-state index contributed by atoms with van der Waals surface area (Å²) in [7, 11) is 0. The summed E-state index contributed by atoms with van der Waals surface area (Å²) in [6.07, 6.45) is -0.0177. The van der Waals surface area contributed by atoms with Crippen LogP contribution in [0.1, 0.15) is 5.56 Å². The van der Waals surface area contributed by atoms with Gasteiger partial charge >= 0.3 is 0 Å². The first-order valence-corrected chi connectivity index (χ1v) is 7.03. The van der Waals surface area contributed by atoms with Gasteiger partial charge in [-0.05, 0) is 18.2 Å². The van der Waals surface area contributed by atoms with Crippen molar-refractivity contribution in [1.82, 2.24) is 4.90 Å². The number of halogens is 1. The molecule has 0 bridgehead atoms. The summed E-state index contributed by atoms with van der Waals surface area (Å²) in [5.74, 6) is -0.131. The third kappa shape index (κ3) is 4.41. The molecule has 21 heavy (non-hydrogen) atoms. The van der Waals surface area contributed by atoms with E-state index in [9.17, 15) is 4.79 Å². The molecule has 2 rings (SSSR count). The van der Waals surface area contributed by atoms with Crippen LogP contribution in [0.4, 0.5) is 5.69 Å². The van der Waals surface area contributed by atoms with Crippen molar-refractivity contribution in [1.29, 1.82) is 5.26 Å². The van der Waals surface area contributed by atoms with Crippen molar-refractivity contribution >= 4 is 23.2 Å². The molecule has 1 saturated heterocycles. The number of hydrogen-bond donors (Lipinski definition) is 2. The third-order valence-corrected chi connectivity index (χ3v) is 3.54. The van der Waals surface area contributed by atoms with E-state index in [1.807, 2.05) is 11.0 Å². The summed E-state index contributed by atoms with van der Waals surface area (Å²) in [5, 5.41) is 11.9. The summed E-state index contributed by atoms with van der Waals surface area (Å²) >= 11 is 5.93. The molecule has 1 aromatic carbocycles. The summed E-state index contributed by atoms with van der Waals surface area (Å²) < 4.78 is 5.45. The lowest BCUT2D eigenvalue weighted by atomic mass is 10.2. The number of rotatable bonds is 4. The lowest BCUT2D eigenvalue weighted by Crippen LogP contribution is -2.48. The van der Waals surface area contributed by atoms with Crippen molar-refractivity contribution in [3.05, 3.63) is 28.8 Å². The van der Waals surface area contributed by atoms with Gasteiger partial charge in [0.1, 0.15) is 6.07 Å². The van der Waals surface area contributed by atoms with Crippen molar-refractivity contribution < 1.29 is 9.53 Å². The SMILES string of the molecule is N#Cc1ccc(NC(=O)CN2CCOC(CN)C2)cc1Cl. The smallest absolute Gasteiger partial charge is 0.238 e. The van der Waals surface area contributed by atoms with E-state index in [2.05, 4.69) is 5.32 Å². The van der Waals surface area contributed by atoms with Gasteiger partial charge in [0, 0.05) is 25.3 Å². The summed E-state index contributed by atoms with van der Waals surface area (Å²) in [4.78, 5) is 14.0. The van der Waals surface area contributed by atoms with Crippen LogP contribution in [0.15, 0.2) is 18.2 Å². The van der Waals surface area contributed by atoms with Crippen molar-refractivity contribution in [2.45, 2.75) is 6.10 Å². The number of ether oxygens (including phenoxy) is 1. The number of benzene rings is 1. The Morgan fingerprint density at radius 2 is 2.43 bits per heavy atom. The Morgan fingerprint density at radius 1 is 1.62 bits per heavy atom. The van der Waals surface area contributed by atoms with Gasteiger partial charge in [-0.15, -0.1) is 0 Å². The monoisotopic (exact) mass is 308 g/mol. The van der Waals surface area contributed by atoms with E-state index in [1.165, 1.54) is 0 Å². The van der Waals surface area contributed by atoms with Crippen LogP contribution in [0.25, 0.3) is 0 Å². The molecule has 7 heteroatoms. The molecule has 1 fully saturated rings. The standard InChI is InChI=1S/C14H17ClN4O2/c15-13-5-11(2-1-10(13)6-16)18-14(20)9-19-3-4-21-12(7-17)8-19/h1-2,5,12H,3-4,7-9,17H2,(H,18,20). The summed E-state index contributed by atoms with van der Waals surface area (Å²) in [6.45, 7) is 2.66. The number of anilines is 1. The maximum Gasteiger partial charge on any atom is 0.238 e. The van der Waals surface area contributed by atoms with Gasteiger partial charge in [-0.3, -0.25) is 9.69 Å². The van der Waals surface area contributed by atoms with Crippen LogP contribution in [-0.4, -0.2) is 49.7 Å². The molecule has 1 atom stereocenters. The number of nitrogens with two attached hydrogens (primary N) is 1. The molecule has 1 amide bonds. The fraction of sp³-hybridized carbons (Fsp3) is 0.429. The van der Waals surface area contributed by atoms with E-state index in [0.717, 1.165) is 0 Å². The van der Waals surface area contributed by atoms with Crippen LogP contribution in [0.2, 0.25) is 5.02 Å². The Balaban J connectivity index is 1.90. The summed E-state index contributed by atoms with van der Waals surface area (Å²) in [5.41, 5.74) is 6.53. The number of hydrogen-bond acceptors (Lipinski definition) is 5. The van der Waals surface area contributed by atoms with E-state index in [1.54, 1.807) is 18.2 Å². The summed E-state index contributed by atoms with van der Waals surface area (Å²) in [6, 6.07) is 6.78. The molecule has 0 aliphatic carbocycles. The Bertz CT molecular complexity index is 558. The zero-order valence-corrected chi connectivity index (χ0v) is 12.3. The number of nitrogens with zero attached hydrogens (tertiary/aromatic N) is 2. The van der Waals surface area contributed by atoms with Crippen LogP contribution in [0.3, 0.4) is 0 Å². The minimum atomic E-state index is -0.131. The molecule has 0 radical (unpaired) electrons. The van der Waals surface area contributed by atoms with Crippen molar-refractivity contribution in [3.8, 4) is 6.07 Å². The van der Waals surface area contributed by atoms with Crippen LogP contribution in [-0.2, 0) is 9.53 Å². The Hall–Kier alpha value is -1.65. The topological polar surface area (TPSA) is 91.4 Å². The van der Waals surface area contributed by atoms with Gasteiger partial charge < -0.3 is 15.8 Å². The molecule has 1 aliphatic heterocycles. The Morgan fingerprint density at radius 3 is 3.10 bits per heavy atom. The number of morpholine rings is 1. The van der Waals surface area contributed by atoms with E-state index < -0.39 is 0 Å². The number of carbonyl (C=O) groups excluding carboxylic acids is 1. The van der Waals surface area contributed by atoms with E-state index in [-0.39, 0.29) is 18.6 Å². The lowest BCUT2D eigenvalue weighted by molar-refractivity contribution is -0.119. The highest BCUT2D eigenvalue weighted by Crippen LogP contribution is 2.20. The first-order chi connectivity index (χ1) is 10.1. The molecule has 1 aromatic rings. The molecule has 112 valence electrons. The zero-order valence-electron chi connectivity index (χ0n) is 11.5. The molecule has 0 aromatic heterocycles. The fourth-order valence-corrected chi connectivity index (χ4v) is 2.38. The average Bonchev–Trinajstić information content (AvgIpc) is 2.47. The Kier molecular flexibility index (Phi) is 5.53. The van der Waals surface area contributed by atoms with Gasteiger partial charge in [0.15, 0.2) is 0 Å². The molecule has 0 saturated carbocycles. The molecule has 0 spiro atoms. The maximum atomic E-state index is 12.0. The number of nitrogens with one attached hydrogen (secondary N) is 1. The highest BCUT2D eigenvalue weighted by molar-refractivity contribution is 6.32. The van der Waals surface area contributed by atoms with Gasteiger partial charge in [0.05, 0.1) is 29.8 Å². The molecular weight excluding hydrogens is 292 g/mol. The largest absolute Gasteiger partial charge is 0.374 e. The second kappa shape index (κ2) is 7.38. The molecule has 1 aliphatic rings. The third-order valence-electron chi connectivity index (χ3n) is 3.23. The minimum absolute atomic E-state index is 0.0177. The van der Waals surface area contributed by atoms with Crippen LogP contribution in [0, 0.1) is 11.3 Å². The molecule has 1 unspecified atom stereocenters. The normalized spacial score (nSPS) is 19.0. The van der Waals surface area contributed by atoms with E-state index in [4.69, 9.17) is 27.3 Å². The van der Waals surface area contributed by atoms with Crippen molar-refractivity contribution in [2.24, 2.45) is 5.73 Å². The van der Waals surface area contributed by atoms with Crippen molar-refractivity contribution in [2.75, 3.05) is 38.1 Å². The number of amides is 1. The van der Waals surface area contributed by atoms with E-state index in [0.29, 0.717) is 42.5 Å². The first-order valence-electron chi connectivity index (χ1n) is 6.66. The first kappa shape index (κ1) is 15.7. The fourth-order valence-electron chi connectivity index (χ4n) is 2.15. The highest BCUT2D eigenvalue weighted by atomic mass is 35.5. The molecule has 6 nitrogen and oxygen atoms in total. The quantitative estimate of drug-likeness (QED) is 0.859. The van der Waals surface area contributed by atoms with Gasteiger partial charge in [0.25, 0.3) is 0 Å². The average molecular weight is 309 g/mol. The highest BCUT2D eigenvalue weighted by Gasteiger charge is 2.21. The van der Waals surface area contributed by atoms with Crippen LogP contribution in [0.5, 0.6) is 0 Å². The Labute approximate surface area is 128 Å². The second-order valence-electron chi connectivity index (χ2n) is 4.82. The zero-order chi connectivity index (χ0) is 15.2. The van der Waals surface area contributed by atoms with Crippen LogP contribution >= 0.6 is 11.6 Å². The van der Waals surface area contributed by atoms with Gasteiger partial charge in [-0.2, -0.15) is 5.26 Å². The number of nitriles is 1. The minimum Gasteiger partial charge on any atom is -0.374 e. The predicted octanol–water partition coefficient (Wildman–Crippen LogP) is 0.810. The lowest BCUT2D eigenvalue weighted by Gasteiger charge is -2.31. The van der Waals surface area contributed by atoms with Crippen LogP contribution < -0.4 is 11.1 Å². The predicted molar refractivity (Wildman–Crippen MR) is 80.0 cm³/mol. The van der Waals surface area contributed by atoms with E-state index >= 15 is 0 Å². The van der Waals surface area contributed by atoms with Gasteiger partial charge in [-0.1, -0.05) is 11.6 Å². The molecular formula is C14H17ClN4O2. The number of carbonyl (C=O) groups is 1. The second-order valence-corrected chi connectivity index (χ2v) is 5.23. The van der Waals surface area contributed by atoms with Crippen molar-refractivity contribution in [3.63, 3.8) is 0 Å². The maximum absolute atomic E-state index is 12.0. The molecule has 3 N–H and O–H groups in total. The van der Waals surface area contributed by atoms with Gasteiger partial charge in [0.2, 0.25) is 5.91 Å². The molecule has 1 heterocycles.